The monoisotopic (exact) mass is 376 g/mol. The topological polar surface area (TPSA) is 94.0 Å². The predicted octanol–water partition coefficient (Wildman–Crippen LogP) is 2.63. The molecule has 0 aliphatic rings. The van der Waals surface area contributed by atoms with E-state index < -0.39 is 0 Å². The highest BCUT2D eigenvalue weighted by Crippen LogP contribution is 2.14. The van der Waals surface area contributed by atoms with Crippen LogP contribution in [0.3, 0.4) is 0 Å². The number of rotatable bonds is 8. The number of hydrogen-bond donors (Lipinski definition) is 2. The van der Waals surface area contributed by atoms with Gasteiger partial charge in [0.05, 0.1) is 13.2 Å². The highest BCUT2D eigenvalue weighted by Gasteiger charge is 2.11. The van der Waals surface area contributed by atoms with E-state index in [0.717, 1.165) is 12.8 Å². The molecule has 2 N–H and O–H groups in total. The van der Waals surface area contributed by atoms with Gasteiger partial charge in [-0.2, -0.15) is 4.80 Å². The summed E-state index contributed by atoms with van der Waals surface area (Å²) in [4.78, 5) is 13.8. The summed E-state index contributed by atoms with van der Waals surface area (Å²) in [5.74, 6) is 0.962. The van der Waals surface area contributed by atoms with E-state index >= 15 is 0 Å². The first kappa shape index (κ1) is 19.8. The molecule has 2 rings (SSSR count). The molecule has 1 aromatic carbocycles. The predicted molar refractivity (Wildman–Crippen MR) is 103 cm³/mol. The summed E-state index contributed by atoms with van der Waals surface area (Å²) in [5.41, 5.74) is 0.458. The lowest BCUT2D eigenvalue weighted by molar-refractivity contribution is 0.0977. The molecular formula is C17H24N6O2S. The minimum absolute atomic E-state index is 0.108. The van der Waals surface area contributed by atoms with E-state index in [2.05, 4.69) is 46.8 Å². The van der Waals surface area contributed by atoms with Crippen molar-refractivity contribution in [2.45, 2.75) is 40.2 Å². The zero-order valence-electron chi connectivity index (χ0n) is 15.2. The van der Waals surface area contributed by atoms with E-state index in [9.17, 15) is 4.79 Å². The molecule has 0 saturated carbocycles. The Morgan fingerprint density at radius 2 is 2.19 bits per heavy atom. The SMILES string of the molecule is CCCCOc1cccc(C(=O)NC(=S)Nc2nnn(CC(C)C)n2)c1. The van der Waals surface area contributed by atoms with Gasteiger partial charge in [-0.3, -0.25) is 15.4 Å². The van der Waals surface area contributed by atoms with Crippen LogP contribution in [-0.2, 0) is 6.54 Å². The molecule has 1 amide bonds. The molecule has 0 aliphatic heterocycles. The van der Waals surface area contributed by atoms with Crippen molar-refractivity contribution in [1.82, 2.24) is 25.5 Å². The van der Waals surface area contributed by atoms with Gasteiger partial charge in [0.25, 0.3) is 11.9 Å². The maximum Gasteiger partial charge on any atom is 0.269 e. The maximum atomic E-state index is 12.3. The van der Waals surface area contributed by atoms with Crippen LogP contribution in [0.5, 0.6) is 5.75 Å². The van der Waals surface area contributed by atoms with Crippen molar-refractivity contribution < 1.29 is 9.53 Å². The number of carbonyl (C=O) groups excluding carboxylic acids is 1. The number of unbranched alkanes of at least 4 members (excludes halogenated alkanes) is 1. The van der Waals surface area contributed by atoms with Crippen molar-refractivity contribution in [2.75, 3.05) is 11.9 Å². The molecule has 1 aromatic heterocycles. The minimum atomic E-state index is -0.335. The summed E-state index contributed by atoms with van der Waals surface area (Å²) in [6.45, 7) is 7.48. The third-order valence-electron chi connectivity index (χ3n) is 3.30. The van der Waals surface area contributed by atoms with Crippen LogP contribution in [0.4, 0.5) is 5.95 Å². The molecule has 0 unspecified atom stereocenters. The van der Waals surface area contributed by atoms with Crippen LogP contribution in [-0.4, -0.2) is 37.8 Å². The molecule has 0 radical (unpaired) electrons. The lowest BCUT2D eigenvalue weighted by Crippen LogP contribution is -2.34. The van der Waals surface area contributed by atoms with Crippen molar-refractivity contribution in [2.24, 2.45) is 5.92 Å². The number of nitrogens with one attached hydrogen (secondary N) is 2. The Morgan fingerprint density at radius 3 is 2.92 bits per heavy atom. The lowest BCUT2D eigenvalue weighted by Gasteiger charge is -2.09. The van der Waals surface area contributed by atoms with E-state index in [4.69, 9.17) is 17.0 Å². The Labute approximate surface area is 158 Å². The first-order valence-electron chi connectivity index (χ1n) is 8.61. The van der Waals surface area contributed by atoms with Crippen molar-refractivity contribution in [3.05, 3.63) is 29.8 Å². The van der Waals surface area contributed by atoms with Crippen molar-refractivity contribution in [3.8, 4) is 5.75 Å². The van der Waals surface area contributed by atoms with Crippen LogP contribution in [0.25, 0.3) is 0 Å². The number of tetrazole rings is 1. The number of aromatic nitrogens is 4. The molecule has 0 spiro atoms. The molecule has 0 bridgehead atoms. The van der Waals surface area contributed by atoms with Crippen LogP contribution >= 0.6 is 12.2 Å². The second-order valence-electron chi connectivity index (χ2n) is 6.20. The van der Waals surface area contributed by atoms with Gasteiger partial charge in [0.2, 0.25) is 0 Å². The number of amides is 1. The van der Waals surface area contributed by atoms with Gasteiger partial charge in [0, 0.05) is 5.56 Å². The molecule has 26 heavy (non-hydrogen) atoms. The summed E-state index contributed by atoms with van der Waals surface area (Å²) >= 11 is 5.14. The zero-order chi connectivity index (χ0) is 18.9. The van der Waals surface area contributed by atoms with Crippen molar-refractivity contribution in [3.63, 3.8) is 0 Å². The Hall–Kier alpha value is -2.55. The molecule has 0 aliphatic carbocycles. The first-order valence-corrected chi connectivity index (χ1v) is 9.01. The van der Waals surface area contributed by atoms with Gasteiger partial charge in [0.15, 0.2) is 5.11 Å². The Bertz CT molecular complexity index is 746. The zero-order valence-corrected chi connectivity index (χ0v) is 16.0. The quantitative estimate of drug-likeness (QED) is 0.540. The van der Waals surface area contributed by atoms with E-state index in [1.807, 2.05) is 6.07 Å². The largest absolute Gasteiger partial charge is 0.494 e. The molecule has 9 heteroatoms. The lowest BCUT2D eigenvalue weighted by atomic mass is 10.2. The number of hydrogen-bond acceptors (Lipinski definition) is 6. The van der Waals surface area contributed by atoms with Gasteiger partial charge < -0.3 is 4.74 Å². The van der Waals surface area contributed by atoms with Gasteiger partial charge >= 0.3 is 0 Å². The standard InChI is InChI=1S/C17H24N6O2S/c1-4-5-9-25-14-8-6-7-13(10-14)15(24)18-17(26)19-16-20-22-23(21-16)11-12(2)3/h6-8,10,12H,4-5,9,11H2,1-3H3,(H2,18,19,21,24,26). The third kappa shape index (κ3) is 6.40. The number of anilines is 1. The van der Waals surface area contributed by atoms with Crippen molar-refractivity contribution >= 4 is 29.2 Å². The molecule has 0 saturated heterocycles. The van der Waals surface area contributed by atoms with Crippen molar-refractivity contribution in [1.29, 1.82) is 0 Å². The van der Waals surface area contributed by atoms with Gasteiger partial charge in [-0.1, -0.05) is 38.4 Å². The summed E-state index contributed by atoms with van der Waals surface area (Å²) in [7, 11) is 0. The number of carbonyl (C=O) groups is 1. The molecule has 0 atom stereocenters. The molecular weight excluding hydrogens is 352 g/mol. The Morgan fingerprint density at radius 1 is 1.38 bits per heavy atom. The Kier molecular flexibility index (Phi) is 7.46. The molecule has 8 nitrogen and oxygen atoms in total. The molecule has 2 aromatic rings. The van der Waals surface area contributed by atoms with Gasteiger partial charge in [-0.05, 0) is 48.0 Å². The summed E-state index contributed by atoms with van der Waals surface area (Å²) in [6.07, 6.45) is 2.02. The molecule has 1 heterocycles. The average Bonchev–Trinajstić information content (AvgIpc) is 3.01. The summed E-state index contributed by atoms with van der Waals surface area (Å²) in [5, 5.41) is 17.4. The second-order valence-corrected chi connectivity index (χ2v) is 6.61. The van der Waals surface area contributed by atoms with Gasteiger partial charge in [0.1, 0.15) is 5.75 Å². The summed E-state index contributed by atoms with van der Waals surface area (Å²) in [6, 6.07) is 6.97. The van der Waals surface area contributed by atoms with Crippen LogP contribution in [0.1, 0.15) is 44.0 Å². The summed E-state index contributed by atoms with van der Waals surface area (Å²) < 4.78 is 5.61. The van der Waals surface area contributed by atoms with Crippen LogP contribution < -0.4 is 15.4 Å². The fraction of sp³-hybridized carbons (Fsp3) is 0.471. The average molecular weight is 376 g/mol. The third-order valence-corrected chi connectivity index (χ3v) is 3.50. The molecule has 0 fully saturated rings. The van der Waals surface area contributed by atoms with E-state index in [1.54, 1.807) is 18.2 Å². The second kappa shape index (κ2) is 9.81. The normalized spacial score (nSPS) is 10.6. The fourth-order valence-corrected chi connectivity index (χ4v) is 2.25. The number of thiocarbonyl (C=S) groups is 1. The number of nitrogens with zero attached hydrogens (tertiary/aromatic N) is 4. The highest BCUT2D eigenvalue weighted by atomic mass is 32.1. The minimum Gasteiger partial charge on any atom is -0.494 e. The maximum absolute atomic E-state index is 12.3. The van der Waals surface area contributed by atoms with Gasteiger partial charge in [-0.25, -0.2) is 0 Å². The van der Waals surface area contributed by atoms with Crippen LogP contribution in [0, 0.1) is 5.92 Å². The molecule has 140 valence electrons. The van der Waals surface area contributed by atoms with Crippen LogP contribution in [0.15, 0.2) is 24.3 Å². The van der Waals surface area contributed by atoms with Gasteiger partial charge in [-0.15, -0.1) is 5.10 Å². The first-order chi connectivity index (χ1) is 12.5. The fourth-order valence-electron chi connectivity index (χ4n) is 2.07. The Balaban J connectivity index is 1.89. The van der Waals surface area contributed by atoms with E-state index in [0.29, 0.717) is 30.4 Å². The number of benzene rings is 1. The highest BCUT2D eigenvalue weighted by molar-refractivity contribution is 7.80. The van der Waals surface area contributed by atoms with E-state index in [-0.39, 0.29) is 17.0 Å². The van der Waals surface area contributed by atoms with E-state index in [1.165, 1.54) is 4.80 Å². The smallest absolute Gasteiger partial charge is 0.269 e. The van der Waals surface area contributed by atoms with Crippen LogP contribution in [0.2, 0.25) is 0 Å². The number of ether oxygens (including phenoxy) is 1.